The Morgan fingerprint density at radius 2 is 1.94 bits per heavy atom. The van der Waals surface area contributed by atoms with Gasteiger partial charge in [-0.2, -0.15) is 0 Å². The molecule has 0 spiro atoms. The number of H-pyrrole nitrogens is 1. The average molecular weight is 446 g/mol. The number of aromatic nitrogens is 2. The standard InChI is InChI=1S/C23H32FN5O3/c1-3-4-13-28-21(25)20(22(31)26-23(28)32)29(17-10-6-7-11-17)19(30)15-27(2)14-16-9-5-8-12-18(16)24/h5,8-9,12,17H,3-4,6-7,10-11,13-15,25H2,1-2H3,(H,26,31,32). The number of carbonyl (C=O) groups is 1. The molecule has 0 bridgehead atoms. The summed E-state index contributed by atoms with van der Waals surface area (Å²) in [5.41, 5.74) is 5.59. The monoisotopic (exact) mass is 445 g/mol. The summed E-state index contributed by atoms with van der Waals surface area (Å²) in [7, 11) is 1.73. The van der Waals surface area contributed by atoms with Crippen LogP contribution in [0.4, 0.5) is 15.9 Å². The summed E-state index contributed by atoms with van der Waals surface area (Å²) in [5.74, 6) is -0.610. The molecule has 1 heterocycles. The molecule has 0 saturated heterocycles. The molecule has 32 heavy (non-hydrogen) atoms. The number of halogens is 1. The highest BCUT2D eigenvalue weighted by Crippen LogP contribution is 2.29. The van der Waals surface area contributed by atoms with Gasteiger partial charge in [0.15, 0.2) is 5.69 Å². The molecule has 1 amide bonds. The molecule has 0 radical (unpaired) electrons. The van der Waals surface area contributed by atoms with E-state index in [4.69, 9.17) is 5.73 Å². The van der Waals surface area contributed by atoms with Crippen molar-refractivity contribution >= 4 is 17.4 Å². The molecule has 0 unspecified atom stereocenters. The summed E-state index contributed by atoms with van der Waals surface area (Å²) in [5, 5.41) is 0. The minimum Gasteiger partial charge on any atom is -0.383 e. The summed E-state index contributed by atoms with van der Waals surface area (Å²) >= 11 is 0. The lowest BCUT2D eigenvalue weighted by molar-refractivity contribution is -0.120. The zero-order valence-electron chi connectivity index (χ0n) is 18.8. The van der Waals surface area contributed by atoms with Crippen LogP contribution in [0.25, 0.3) is 0 Å². The fourth-order valence-corrected chi connectivity index (χ4v) is 4.30. The zero-order valence-corrected chi connectivity index (χ0v) is 18.8. The Bertz CT molecular complexity index is 1060. The Labute approximate surface area is 186 Å². The van der Waals surface area contributed by atoms with Crippen LogP contribution in [-0.2, 0) is 17.9 Å². The van der Waals surface area contributed by atoms with Crippen molar-refractivity contribution in [3.63, 3.8) is 0 Å². The normalized spacial score (nSPS) is 14.2. The van der Waals surface area contributed by atoms with Crippen LogP contribution in [0.5, 0.6) is 0 Å². The first-order chi connectivity index (χ1) is 15.3. The van der Waals surface area contributed by atoms with Crippen molar-refractivity contribution in [1.29, 1.82) is 0 Å². The van der Waals surface area contributed by atoms with E-state index in [-0.39, 0.29) is 42.4 Å². The van der Waals surface area contributed by atoms with E-state index in [2.05, 4.69) is 4.98 Å². The number of anilines is 2. The fraction of sp³-hybridized carbons (Fsp3) is 0.522. The minimum absolute atomic E-state index is 0.0161. The van der Waals surface area contributed by atoms with Crippen molar-refractivity contribution < 1.29 is 9.18 Å². The van der Waals surface area contributed by atoms with Gasteiger partial charge in [0.25, 0.3) is 5.56 Å². The first-order valence-electron chi connectivity index (χ1n) is 11.2. The van der Waals surface area contributed by atoms with Crippen LogP contribution in [0.1, 0.15) is 51.0 Å². The van der Waals surface area contributed by atoms with Crippen molar-refractivity contribution in [3.05, 3.63) is 56.5 Å². The molecule has 1 saturated carbocycles. The SMILES string of the molecule is CCCCn1c(N)c(N(C(=O)CN(C)Cc2ccccc2F)C2CCCC2)c(=O)[nH]c1=O. The molecule has 0 atom stereocenters. The number of likely N-dealkylation sites (N-methyl/N-ethyl adjacent to an activating group) is 1. The van der Waals surface area contributed by atoms with Gasteiger partial charge in [-0.15, -0.1) is 0 Å². The van der Waals surface area contributed by atoms with Crippen LogP contribution in [-0.4, -0.2) is 40.0 Å². The molecule has 1 aromatic carbocycles. The van der Waals surface area contributed by atoms with Gasteiger partial charge in [-0.3, -0.25) is 24.0 Å². The lowest BCUT2D eigenvalue weighted by Gasteiger charge is -2.31. The van der Waals surface area contributed by atoms with Crippen molar-refractivity contribution in [2.24, 2.45) is 0 Å². The number of nitrogens with one attached hydrogen (secondary N) is 1. The number of hydrogen-bond acceptors (Lipinski definition) is 5. The molecule has 1 fully saturated rings. The molecular weight excluding hydrogens is 413 g/mol. The topological polar surface area (TPSA) is 104 Å². The number of benzene rings is 1. The van der Waals surface area contributed by atoms with Crippen LogP contribution in [0.3, 0.4) is 0 Å². The Balaban J connectivity index is 1.92. The second kappa shape index (κ2) is 10.6. The number of aromatic amines is 1. The van der Waals surface area contributed by atoms with Crippen molar-refractivity contribution in [2.75, 3.05) is 24.2 Å². The van der Waals surface area contributed by atoms with E-state index in [0.717, 1.165) is 38.5 Å². The maximum absolute atomic E-state index is 14.0. The summed E-state index contributed by atoms with van der Waals surface area (Å²) in [6.45, 7) is 2.59. The largest absolute Gasteiger partial charge is 0.383 e. The Morgan fingerprint density at radius 3 is 2.59 bits per heavy atom. The fourth-order valence-electron chi connectivity index (χ4n) is 4.30. The number of nitrogens with two attached hydrogens (primary N) is 1. The Kier molecular flexibility index (Phi) is 7.84. The maximum atomic E-state index is 14.0. The van der Waals surface area contributed by atoms with E-state index in [1.54, 1.807) is 30.1 Å². The van der Waals surface area contributed by atoms with Gasteiger partial charge in [-0.25, -0.2) is 9.18 Å². The Morgan fingerprint density at radius 1 is 1.25 bits per heavy atom. The number of rotatable bonds is 9. The molecule has 9 heteroatoms. The third-order valence-corrected chi connectivity index (χ3v) is 5.95. The van der Waals surface area contributed by atoms with Crippen molar-refractivity contribution in [3.8, 4) is 0 Å². The molecule has 3 N–H and O–H groups in total. The van der Waals surface area contributed by atoms with Crippen LogP contribution in [0, 0.1) is 5.82 Å². The van der Waals surface area contributed by atoms with Gasteiger partial charge >= 0.3 is 5.69 Å². The molecule has 3 rings (SSSR count). The summed E-state index contributed by atoms with van der Waals surface area (Å²) < 4.78 is 15.4. The highest BCUT2D eigenvalue weighted by Gasteiger charge is 2.33. The van der Waals surface area contributed by atoms with Crippen molar-refractivity contribution in [2.45, 2.75) is 64.6 Å². The lowest BCUT2D eigenvalue weighted by atomic mass is 10.1. The van der Waals surface area contributed by atoms with Crippen LogP contribution in [0.2, 0.25) is 0 Å². The van der Waals surface area contributed by atoms with E-state index >= 15 is 0 Å². The van der Waals surface area contributed by atoms with E-state index in [1.807, 2.05) is 6.92 Å². The van der Waals surface area contributed by atoms with E-state index in [1.165, 1.54) is 15.5 Å². The second-order valence-corrected chi connectivity index (χ2v) is 8.46. The minimum atomic E-state index is -0.655. The van der Waals surface area contributed by atoms with Crippen LogP contribution in [0.15, 0.2) is 33.9 Å². The van der Waals surface area contributed by atoms with Gasteiger partial charge in [-0.1, -0.05) is 44.4 Å². The third-order valence-electron chi connectivity index (χ3n) is 5.95. The zero-order chi connectivity index (χ0) is 23.3. The predicted molar refractivity (Wildman–Crippen MR) is 123 cm³/mol. The van der Waals surface area contributed by atoms with Crippen LogP contribution < -0.4 is 21.9 Å². The first-order valence-corrected chi connectivity index (χ1v) is 11.2. The quantitative estimate of drug-likeness (QED) is 0.617. The van der Waals surface area contributed by atoms with Crippen molar-refractivity contribution in [1.82, 2.24) is 14.5 Å². The van der Waals surface area contributed by atoms with Gasteiger partial charge < -0.3 is 10.6 Å². The molecule has 1 aromatic heterocycles. The molecular formula is C23H32FN5O3. The average Bonchev–Trinajstić information content (AvgIpc) is 3.26. The molecule has 8 nitrogen and oxygen atoms in total. The molecule has 2 aromatic rings. The summed E-state index contributed by atoms with van der Waals surface area (Å²) in [6.07, 6.45) is 5.00. The molecule has 0 aliphatic heterocycles. The number of carbonyl (C=O) groups excluding carboxylic acids is 1. The number of nitrogens with zero attached hydrogens (tertiary/aromatic N) is 3. The predicted octanol–water partition coefficient (Wildman–Crippen LogP) is 2.47. The van der Waals surface area contributed by atoms with Gasteiger partial charge in [0, 0.05) is 24.7 Å². The maximum Gasteiger partial charge on any atom is 0.330 e. The first kappa shape index (κ1) is 23.7. The smallest absolute Gasteiger partial charge is 0.330 e. The molecule has 174 valence electrons. The number of hydrogen-bond donors (Lipinski definition) is 2. The summed E-state index contributed by atoms with van der Waals surface area (Å²) in [4.78, 5) is 44.1. The Hall–Kier alpha value is -2.94. The van der Waals surface area contributed by atoms with Gasteiger partial charge in [-0.05, 0) is 32.4 Å². The van der Waals surface area contributed by atoms with Gasteiger partial charge in [0.05, 0.1) is 6.54 Å². The molecule has 1 aliphatic carbocycles. The third kappa shape index (κ3) is 5.27. The van der Waals surface area contributed by atoms with Gasteiger partial charge in [0.1, 0.15) is 11.6 Å². The van der Waals surface area contributed by atoms with Crippen LogP contribution >= 0.6 is 0 Å². The highest BCUT2D eigenvalue weighted by molar-refractivity contribution is 5.97. The second-order valence-electron chi connectivity index (χ2n) is 8.46. The summed E-state index contributed by atoms with van der Waals surface area (Å²) in [6, 6.07) is 6.27. The number of unbranched alkanes of at least 4 members (excludes halogenated alkanes) is 1. The lowest BCUT2D eigenvalue weighted by Crippen LogP contribution is -2.48. The highest BCUT2D eigenvalue weighted by atomic mass is 19.1. The number of amides is 1. The number of nitrogen functional groups attached to an aromatic ring is 1. The van der Waals surface area contributed by atoms with Gasteiger partial charge in [0.2, 0.25) is 5.91 Å². The van der Waals surface area contributed by atoms with E-state index in [9.17, 15) is 18.8 Å². The van der Waals surface area contributed by atoms with E-state index < -0.39 is 11.2 Å². The van der Waals surface area contributed by atoms with E-state index in [0.29, 0.717) is 12.1 Å². The molecule has 1 aliphatic rings.